The zero-order chi connectivity index (χ0) is 33.7. The number of morpholine rings is 1. The average Bonchev–Trinajstić information content (AvgIpc) is 3.43. The fourth-order valence-electron chi connectivity index (χ4n) is 3.87. The van der Waals surface area contributed by atoms with Crippen molar-refractivity contribution in [2.24, 2.45) is 0 Å². The summed E-state index contributed by atoms with van der Waals surface area (Å²) in [5.74, 6) is -4.22. The summed E-state index contributed by atoms with van der Waals surface area (Å²) >= 11 is 0.929. The number of carbonyl (C=O) groups is 6. The van der Waals surface area contributed by atoms with Crippen molar-refractivity contribution in [2.75, 3.05) is 57.6 Å². The minimum absolute atomic E-state index is 0.187. The molecular formula is C27H40N4O13S. The number of amides is 1. The van der Waals surface area contributed by atoms with E-state index in [0.717, 1.165) is 25.6 Å². The van der Waals surface area contributed by atoms with Crippen LogP contribution in [0.25, 0.3) is 0 Å². The summed E-state index contributed by atoms with van der Waals surface area (Å²) in [7, 11) is 0. The van der Waals surface area contributed by atoms with Gasteiger partial charge in [0.1, 0.15) is 6.61 Å². The fraction of sp³-hybridized carbons (Fsp3) is 0.704. The number of carbonyl (C=O) groups excluding carboxylic acids is 6. The molecule has 1 saturated heterocycles. The smallest absolute Gasteiger partial charge is 0.347 e. The van der Waals surface area contributed by atoms with Crippen LogP contribution in [-0.2, 0) is 57.2 Å². The van der Waals surface area contributed by atoms with Crippen LogP contribution in [0.5, 0.6) is 5.88 Å². The van der Waals surface area contributed by atoms with Crippen molar-refractivity contribution in [3.63, 3.8) is 0 Å². The molecule has 0 saturated carbocycles. The first kappa shape index (κ1) is 37.1. The molecule has 0 spiro atoms. The van der Waals surface area contributed by atoms with Crippen molar-refractivity contribution in [1.82, 2.24) is 13.6 Å². The van der Waals surface area contributed by atoms with Gasteiger partial charge in [0.25, 0.3) is 11.8 Å². The van der Waals surface area contributed by atoms with Crippen molar-refractivity contribution in [3.8, 4) is 5.88 Å². The Hall–Kier alpha value is -4.06. The van der Waals surface area contributed by atoms with E-state index >= 15 is 0 Å². The second-order valence-electron chi connectivity index (χ2n) is 10.8. The average molecular weight is 661 g/mol. The van der Waals surface area contributed by atoms with Crippen LogP contribution in [0.1, 0.15) is 48.5 Å². The summed E-state index contributed by atoms with van der Waals surface area (Å²) in [6, 6.07) is 0. The maximum Gasteiger partial charge on any atom is 0.347 e. The molecule has 2 rings (SSSR count). The Kier molecular flexibility index (Phi) is 14.4. The first-order chi connectivity index (χ1) is 21.1. The Morgan fingerprint density at radius 2 is 1.44 bits per heavy atom. The molecule has 0 N–H and O–H groups in total. The topological polar surface area (TPSA) is 199 Å². The van der Waals surface area contributed by atoms with Gasteiger partial charge >= 0.3 is 29.8 Å². The van der Waals surface area contributed by atoms with E-state index in [1.54, 1.807) is 20.8 Å². The molecule has 0 aromatic carbocycles. The van der Waals surface area contributed by atoms with Crippen molar-refractivity contribution in [1.29, 1.82) is 0 Å². The molecule has 1 aliphatic heterocycles. The lowest BCUT2D eigenvalue weighted by atomic mass is 10.1. The van der Waals surface area contributed by atoms with Gasteiger partial charge in [-0.2, -0.15) is 4.37 Å². The second-order valence-corrected chi connectivity index (χ2v) is 11.3. The number of ether oxygens (including phenoxy) is 7. The van der Waals surface area contributed by atoms with Crippen molar-refractivity contribution < 1.29 is 61.9 Å². The van der Waals surface area contributed by atoms with E-state index in [4.69, 9.17) is 33.2 Å². The van der Waals surface area contributed by atoms with E-state index < -0.39 is 72.8 Å². The first-order valence-corrected chi connectivity index (χ1v) is 14.8. The highest BCUT2D eigenvalue weighted by Crippen LogP contribution is 2.27. The Labute approximate surface area is 264 Å². The van der Waals surface area contributed by atoms with Crippen LogP contribution >= 0.6 is 11.7 Å². The summed E-state index contributed by atoms with van der Waals surface area (Å²) in [4.78, 5) is 75.8. The Bertz CT molecular complexity index is 1200. The third-order valence-corrected chi connectivity index (χ3v) is 6.48. The fourth-order valence-corrected chi connectivity index (χ4v) is 4.39. The predicted octanol–water partition coefficient (Wildman–Crippen LogP) is 0.282. The number of esters is 5. The quantitative estimate of drug-likeness (QED) is 0.183. The zero-order valence-corrected chi connectivity index (χ0v) is 27.2. The van der Waals surface area contributed by atoms with Gasteiger partial charge in [-0.3, -0.25) is 14.4 Å². The van der Waals surface area contributed by atoms with Crippen molar-refractivity contribution in [2.45, 2.75) is 72.3 Å². The van der Waals surface area contributed by atoms with E-state index in [0.29, 0.717) is 32.1 Å². The number of nitrogens with zero attached hydrogens (tertiary/aromatic N) is 4. The summed E-state index contributed by atoms with van der Waals surface area (Å²) in [6.45, 7) is 10.1. The zero-order valence-electron chi connectivity index (χ0n) is 26.4. The minimum Gasteiger partial charge on any atom is -0.470 e. The summed E-state index contributed by atoms with van der Waals surface area (Å²) in [5.41, 5.74) is -0.858. The molecule has 0 radical (unpaired) electrons. The largest absolute Gasteiger partial charge is 0.470 e. The molecular weight excluding hydrogens is 620 g/mol. The Balaban J connectivity index is 2.17. The molecule has 17 nitrogen and oxygen atoms in total. The number of aromatic nitrogens is 2. The molecule has 1 fully saturated rings. The van der Waals surface area contributed by atoms with Gasteiger partial charge in [0.15, 0.2) is 31.5 Å². The third-order valence-electron chi connectivity index (χ3n) is 5.97. The Morgan fingerprint density at radius 1 is 0.889 bits per heavy atom. The maximum atomic E-state index is 13.2. The van der Waals surface area contributed by atoms with Crippen molar-refractivity contribution >= 4 is 53.3 Å². The van der Waals surface area contributed by atoms with Gasteiger partial charge < -0.3 is 43.0 Å². The molecule has 1 aliphatic rings. The van der Waals surface area contributed by atoms with Crippen LogP contribution in [0.2, 0.25) is 0 Å². The molecule has 2 heterocycles. The highest BCUT2D eigenvalue weighted by Gasteiger charge is 2.33. The van der Waals surface area contributed by atoms with E-state index in [1.807, 2.05) is 4.90 Å². The lowest BCUT2D eigenvalue weighted by Gasteiger charge is -2.37. The number of rotatable bonds is 15. The highest BCUT2D eigenvalue weighted by molar-refractivity contribution is 6.99. The van der Waals surface area contributed by atoms with Crippen LogP contribution < -0.4 is 9.64 Å². The van der Waals surface area contributed by atoms with Gasteiger partial charge in [0.05, 0.1) is 31.5 Å². The highest BCUT2D eigenvalue weighted by atomic mass is 32.1. The third kappa shape index (κ3) is 12.8. The molecule has 1 amide bonds. The minimum atomic E-state index is -1.24. The maximum absolute atomic E-state index is 13.2. The van der Waals surface area contributed by atoms with Gasteiger partial charge in [-0.25, -0.2) is 14.4 Å². The normalized spacial score (nSPS) is 15.1. The molecule has 252 valence electrons. The van der Waals surface area contributed by atoms with Gasteiger partial charge in [-0.1, -0.05) is 0 Å². The van der Waals surface area contributed by atoms with Crippen LogP contribution in [0, 0.1) is 0 Å². The van der Waals surface area contributed by atoms with Crippen molar-refractivity contribution in [3.05, 3.63) is 0 Å². The second kappa shape index (κ2) is 17.4. The summed E-state index contributed by atoms with van der Waals surface area (Å²) in [6.07, 6.45) is -3.59. The molecule has 18 heteroatoms. The number of hydrogen-bond donors (Lipinski definition) is 0. The number of anilines is 1. The van der Waals surface area contributed by atoms with E-state index in [1.165, 1.54) is 18.7 Å². The van der Waals surface area contributed by atoms with Gasteiger partial charge in [-0.05, 0) is 34.6 Å². The Morgan fingerprint density at radius 3 is 1.98 bits per heavy atom. The molecule has 45 heavy (non-hydrogen) atoms. The van der Waals surface area contributed by atoms with E-state index in [-0.39, 0.29) is 19.0 Å². The van der Waals surface area contributed by atoms with Crippen LogP contribution in [0.4, 0.5) is 5.82 Å². The van der Waals surface area contributed by atoms with Crippen LogP contribution in [0.15, 0.2) is 0 Å². The SMILES string of the molecule is CC(=O)OC(C)C(=O)OCC(=O)O[C@H](COc1nsnc1N1CCOCC1)CN(C(=O)COC(=O)C(C)OC(C)=O)C(C)(C)C. The molecule has 3 atom stereocenters. The lowest BCUT2D eigenvalue weighted by molar-refractivity contribution is -0.174. The molecule has 1 aromatic rings. The lowest BCUT2D eigenvalue weighted by Crippen LogP contribution is -2.52. The van der Waals surface area contributed by atoms with E-state index in [2.05, 4.69) is 8.75 Å². The molecule has 0 aliphatic carbocycles. The monoisotopic (exact) mass is 660 g/mol. The standard InChI is InChI=1S/C27H40N4O13S/c1-16(42-18(3)32)25(36)40-14-21(34)31(27(5,6)7)12-20(44-22(35)15-41-26(37)17(2)43-19(4)33)13-39-24-23(28-45-29-24)30-8-10-38-11-9-30/h16-17,20H,8-15H2,1-7H3/t16?,17?,20-/m0/s1. The van der Waals surface area contributed by atoms with E-state index in [9.17, 15) is 28.8 Å². The van der Waals surface area contributed by atoms with Crippen LogP contribution in [-0.4, -0.2) is 126 Å². The predicted molar refractivity (Wildman–Crippen MR) is 154 cm³/mol. The molecule has 1 aromatic heterocycles. The summed E-state index contributed by atoms with van der Waals surface area (Å²) < 4.78 is 44.8. The van der Waals surface area contributed by atoms with Gasteiger partial charge in [0, 0.05) is 32.5 Å². The van der Waals surface area contributed by atoms with Gasteiger partial charge in [-0.15, -0.1) is 4.37 Å². The van der Waals surface area contributed by atoms with Gasteiger partial charge in [0.2, 0.25) is 5.82 Å². The number of hydrogen-bond acceptors (Lipinski definition) is 17. The van der Waals surface area contributed by atoms with Crippen LogP contribution in [0.3, 0.4) is 0 Å². The molecule has 2 unspecified atom stereocenters. The summed E-state index contributed by atoms with van der Waals surface area (Å²) in [5, 5.41) is 0. The molecule has 0 bridgehead atoms. The first-order valence-electron chi connectivity index (χ1n) is 14.0.